The van der Waals surface area contributed by atoms with Crippen molar-refractivity contribution in [3.63, 3.8) is 0 Å². The van der Waals surface area contributed by atoms with Crippen molar-refractivity contribution in [3.05, 3.63) is 138 Å². The van der Waals surface area contributed by atoms with Crippen LogP contribution in [0, 0.1) is 0 Å². The maximum atomic E-state index is 2.97. The van der Waals surface area contributed by atoms with Crippen molar-refractivity contribution in [1.29, 1.82) is 0 Å². The van der Waals surface area contributed by atoms with Crippen molar-refractivity contribution in [2.45, 2.75) is 173 Å². The normalized spacial score (nSPS) is 25.7. The van der Waals surface area contributed by atoms with E-state index in [1.165, 1.54) is 124 Å². The van der Waals surface area contributed by atoms with Gasteiger partial charge in [-0.1, -0.05) is 179 Å². The van der Waals surface area contributed by atoms with Crippen LogP contribution in [0.3, 0.4) is 0 Å². The van der Waals surface area contributed by atoms with Gasteiger partial charge in [0.25, 0.3) is 6.71 Å². The van der Waals surface area contributed by atoms with Gasteiger partial charge >= 0.3 is 0 Å². The van der Waals surface area contributed by atoms with Gasteiger partial charge in [0.2, 0.25) is 0 Å². The summed E-state index contributed by atoms with van der Waals surface area (Å²) >= 11 is 0. The zero-order chi connectivity index (χ0) is 47.7. The topological polar surface area (TPSA) is 9.72 Å². The van der Waals surface area contributed by atoms with Crippen LogP contribution in [-0.2, 0) is 21.7 Å². The third kappa shape index (κ3) is 5.90. The van der Waals surface area contributed by atoms with Crippen LogP contribution < -0.4 is 36.3 Å². The molecule has 12 rings (SSSR count). The molecule has 0 N–H and O–H groups in total. The summed E-state index contributed by atoms with van der Waals surface area (Å²) in [6.07, 6.45) is 9.84. The highest BCUT2D eigenvalue weighted by Gasteiger charge is 2.63. The first kappa shape index (κ1) is 44.2. The second kappa shape index (κ2) is 14.3. The van der Waals surface area contributed by atoms with Crippen molar-refractivity contribution >= 4 is 76.2 Å². The van der Waals surface area contributed by atoms with E-state index in [0.29, 0.717) is 0 Å². The van der Waals surface area contributed by atoms with Crippen LogP contribution in [0.2, 0.25) is 19.6 Å². The average Bonchev–Trinajstić information content (AvgIpc) is 3.64. The largest absolute Gasteiger partial charge is 0.335 e. The summed E-state index contributed by atoms with van der Waals surface area (Å²) in [5.41, 5.74) is 22.5. The number of fused-ring (bicyclic) bond motifs is 10. The zero-order valence-electron chi connectivity index (χ0n) is 43.5. The molecule has 0 amide bonds. The summed E-state index contributed by atoms with van der Waals surface area (Å²) in [5, 5.41) is 1.60. The molecule has 2 fully saturated rings. The molecule has 4 heterocycles. The van der Waals surface area contributed by atoms with E-state index in [0.717, 1.165) is 6.42 Å². The molecule has 4 aliphatic heterocycles. The highest BCUT2D eigenvalue weighted by Crippen LogP contribution is 2.65. The summed E-state index contributed by atoms with van der Waals surface area (Å²) in [6.45, 7) is 32.5. The fourth-order valence-electron chi connectivity index (χ4n) is 14.7. The van der Waals surface area contributed by atoms with E-state index in [1.54, 1.807) is 16.2 Å². The Bertz CT molecular complexity index is 3060. The zero-order valence-corrected chi connectivity index (χ0v) is 44.5. The third-order valence-electron chi connectivity index (χ3n) is 19.2. The Balaban J connectivity index is 1.20. The monoisotopic (exact) mass is 912 g/mol. The fraction of sp³-hybridized carbons (Fsp3) is 0.429. The number of benzene rings is 6. The first-order chi connectivity index (χ1) is 32.1. The van der Waals surface area contributed by atoms with Crippen molar-refractivity contribution < 1.29 is 0 Å². The number of hydrogen-bond donors (Lipinski definition) is 0. The Hall–Kier alpha value is -5.00. The summed E-state index contributed by atoms with van der Waals surface area (Å²) in [6, 6.07) is 46.6. The lowest BCUT2D eigenvalue weighted by Crippen LogP contribution is -2.65. The van der Waals surface area contributed by atoms with E-state index in [9.17, 15) is 0 Å². The van der Waals surface area contributed by atoms with Gasteiger partial charge in [-0.2, -0.15) is 0 Å². The van der Waals surface area contributed by atoms with Gasteiger partial charge in [0.15, 0.2) is 0 Å². The molecule has 0 bridgehead atoms. The van der Waals surface area contributed by atoms with Crippen LogP contribution in [-0.4, -0.2) is 25.9 Å². The fourth-order valence-corrected chi connectivity index (χ4v) is 15.9. The summed E-state index contributed by atoms with van der Waals surface area (Å²) in [4.78, 5) is 8.53. The van der Waals surface area contributed by atoms with E-state index >= 15 is 0 Å². The second-order valence-electron chi connectivity index (χ2n) is 26.1. The average molecular weight is 912 g/mol. The minimum Gasteiger partial charge on any atom is -0.335 e. The van der Waals surface area contributed by atoms with Crippen molar-refractivity contribution in [3.8, 4) is 11.1 Å². The molecule has 3 nitrogen and oxygen atoms in total. The second-order valence-corrected chi connectivity index (χ2v) is 31.2. The summed E-state index contributed by atoms with van der Waals surface area (Å²) < 4.78 is 0. The maximum Gasteiger partial charge on any atom is 0.252 e. The van der Waals surface area contributed by atoms with Crippen LogP contribution in [0.15, 0.2) is 115 Å². The lowest BCUT2D eigenvalue weighted by atomic mass is 9.33. The van der Waals surface area contributed by atoms with Gasteiger partial charge in [-0.3, -0.25) is 0 Å². The van der Waals surface area contributed by atoms with Crippen LogP contribution in [0.5, 0.6) is 0 Å². The molecule has 4 atom stereocenters. The van der Waals surface area contributed by atoms with Gasteiger partial charge in [0.05, 0.1) is 19.2 Å². The summed E-state index contributed by atoms with van der Waals surface area (Å²) in [7, 11) is -1.74. The number of rotatable bonds is 4. The molecule has 6 aromatic rings. The highest BCUT2D eigenvalue weighted by molar-refractivity contribution is 7.01. The van der Waals surface area contributed by atoms with Gasteiger partial charge in [0.1, 0.15) is 0 Å². The molecular weight excluding hydrogens is 838 g/mol. The Morgan fingerprint density at radius 3 is 1.72 bits per heavy atom. The summed E-state index contributed by atoms with van der Waals surface area (Å²) in [5.74, 6) is 0. The number of nitrogens with zero attached hydrogens (tertiary/aromatic N) is 3. The van der Waals surface area contributed by atoms with Gasteiger partial charge in [-0.25, -0.2) is 0 Å². The lowest BCUT2D eigenvalue weighted by Gasteiger charge is -2.54. The molecule has 0 spiro atoms. The molecule has 6 aromatic carbocycles. The van der Waals surface area contributed by atoms with Crippen molar-refractivity contribution in [2.75, 3.05) is 14.7 Å². The van der Waals surface area contributed by atoms with E-state index in [1.807, 2.05) is 0 Å². The predicted octanol–water partition coefficient (Wildman–Crippen LogP) is 14.6. The highest BCUT2D eigenvalue weighted by atomic mass is 28.3. The molecule has 5 heteroatoms. The van der Waals surface area contributed by atoms with Gasteiger partial charge in [-0.15, -0.1) is 0 Å². The Kier molecular flexibility index (Phi) is 9.30. The van der Waals surface area contributed by atoms with Crippen LogP contribution in [0.4, 0.5) is 39.8 Å². The smallest absolute Gasteiger partial charge is 0.252 e. The predicted molar refractivity (Wildman–Crippen MR) is 297 cm³/mol. The quantitative estimate of drug-likeness (QED) is 0.163. The molecule has 0 radical (unpaired) electrons. The van der Waals surface area contributed by atoms with Crippen LogP contribution in [0.1, 0.15) is 143 Å². The van der Waals surface area contributed by atoms with Crippen molar-refractivity contribution in [1.82, 2.24) is 0 Å². The first-order valence-electron chi connectivity index (χ1n) is 26.3. The maximum absolute atomic E-state index is 2.97. The molecule has 2 saturated carbocycles. The van der Waals surface area contributed by atoms with E-state index in [4.69, 9.17) is 0 Å². The molecule has 2 aliphatic carbocycles. The van der Waals surface area contributed by atoms with Crippen LogP contribution >= 0.6 is 0 Å². The van der Waals surface area contributed by atoms with Gasteiger partial charge in [0, 0.05) is 50.6 Å². The first-order valence-corrected chi connectivity index (χ1v) is 29.8. The van der Waals surface area contributed by atoms with E-state index < -0.39 is 8.07 Å². The SMILES string of the molecule is CC(C)(C)c1ccc(N2c3ccc(C(C)(C)C)cc3B3c4cc([Si](C)(C)C)cc5c4N(c4cc(N6c7ccc(-c8ccccc8)cc7C7(C)CCCCC67C)cc2c43)C2(C)CCCCC52C)cc1. The number of anilines is 7. The minimum absolute atomic E-state index is 0.00547. The molecule has 0 saturated heterocycles. The van der Waals surface area contributed by atoms with E-state index in [2.05, 4.69) is 219 Å². The molecular formula is C63H74BN3Si. The molecule has 348 valence electrons. The molecule has 4 unspecified atom stereocenters. The molecule has 6 aliphatic rings. The third-order valence-corrected chi connectivity index (χ3v) is 21.2. The Morgan fingerprint density at radius 1 is 0.485 bits per heavy atom. The van der Waals surface area contributed by atoms with Gasteiger partial charge < -0.3 is 14.7 Å². The standard InChI is InChI=1S/C63H74BN3Si/c1-58(2,3)43-24-27-45(28-25-43)65-53-30-26-44(59(4,5)6)36-50(53)64-51-40-47(68(11,12)13)39-49-57(51)67(63(10)34-20-18-32-61(49,63)8)55-38-46(37-54(65)56(55)64)66-52-29-23-42(41-21-15-14-16-22-41)35-48(52)60(7)31-17-19-33-62(60,66)9/h14-16,21-30,35-40H,17-20,31-34H2,1-13H3. The number of hydrogen-bond acceptors (Lipinski definition) is 3. The van der Waals surface area contributed by atoms with Gasteiger partial charge in [-0.05, 0) is 143 Å². The Labute approximate surface area is 410 Å². The lowest BCUT2D eigenvalue weighted by molar-refractivity contribution is 0.194. The molecule has 68 heavy (non-hydrogen) atoms. The van der Waals surface area contributed by atoms with Crippen molar-refractivity contribution in [2.24, 2.45) is 0 Å². The van der Waals surface area contributed by atoms with Crippen LogP contribution in [0.25, 0.3) is 11.1 Å². The van der Waals surface area contributed by atoms with E-state index in [-0.39, 0.29) is 39.5 Å². The molecule has 0 aromatic heterocycles. The minimum atomic E-state index is -1.74. The Morgan fingerprint density at radius 2 is 1.07 bits per heavy atom.